The Labute approximate surface area is 90.4 Å². The molecule has 1 unspecified atom stereocenters. The Morgan fingerprint density at radius 1 is 1.27 bits per heavy atom. The first-order valence-corrected chi connectivity index (χ1v) is 5.95. The van der Waals surface area contributed by atoms with E-state index in [9.17, 15) is 4.21 Å². The molecule has 3 nitrogen and oxygen atoms in total. The van der Waals surface area contributed by atoms with Crippen molar-refractivity contribution in [1.29, 1.82) is 0 Å². The highest BCUT2D eigenvalue weighted by atomic mass is 32.2. The number of hydrogen-bond acceptors (Lipinski definition) is 2. The summed E-state index contributed by atoms with van der Waals surface area (Å²) in [4.78, 5) is 4.28. The highest BCUT2D eigenvalue weighted by molar-refractivity contribution is 7.79. The summed E-state index contributed by atoms with van der Waals surface area (Å²) in [5.74, 6) is 0.260. The number of para-hydroxylation sites is 1. The van der Waals surface area contributed by atoms with Crippen LogP contribution in [0.15, 0.2) is 36.5 Å². The van der Waals surface area contributed by atoms with Crippen LogP contribution in [0.25, 0.3) is 10.9 Å². The molecule has 2 aromatic rings. The van der Waals surface area contributed by atoms with Crippen LogP contribution in [-0.4, -0.2) is 19.5 Å². The lowest BCUT2D eigenvalue weighted by atomic mass is 10.1. The predicted molar refractivity (Wildman–Crippen MR) is 61.1 cm³/mol. The second-order valence-electron chi connectivity index (χ2n) is 3.27. The lowest BCUT2D eigenvalue weighted by Gasteiger charge is -2.03. The summed E-state index contributed by atoms with van der Waals surface area (Å²) < 4.78 is 19.3. The average Bonchev–Trinajstić information content (AvgIpc) is 2.26. The largest absolute Gasteiger partial charge is 0.306 e. The van der Waals surface area contributed by atoms with Crippen LogP contribution < -0.4 is 0 Å². The van der Waals surface area contributed by atoms with E-state index >= 15 is 0 Å². The van der Waals surface area contributed by atoms with Crippen molar-refractivity contribution in [3.8, 4) is 0 Å². The minimum atomic E-state index is -1.74. The van der Waals surface area contributed by atoms with Gasteiger partial charge in [-0.3, -0.25) is 4.98 Å². The first-order valence-electron chi connectivity index (χ1n) is 4.67. The van der Waals surface area contributed by atoms with E-state index in [-0.39, 0.29) is 5.75 Å². The molecule has 0 spiro atoms. The van der Waals surface area contributed by atoms with E-state index in [2.05, 4.69) is 4.98 Å². The monoisotopic (exact) mass is 221 g/mol. The van der Waals surface area contributed by atoms with Crippen LogP contribution in [0.3, 0.4) is 0 Å². The van der Waals surface area contributed by atoms with E-state index in [1.54, 1.807) is 6.20 Å². The molecule has 15 heavy (non-hydrogen) atoms. The Hall–Kier alpha value is -1.26. The van der Waals surface area contributed by atoms with Crippen molar-refractivity contribution < 1.29 is 8.76 Å². The van der Waals surface area contributed by atoms with Gasteiger partial charge in [-0.25, -0.2) is 4.21 Å². The molecule has 1 heterocycles. The first-order chi connectivity index (χ1) is 7.27. The van der Waals surface area contributed by atoms with Crippen LogP contribution >= 0.6 is 0 Å². The fourth-order valence-electron chi connectivity index (χ4n) is 1.57. The molecule has 1 aromatic carbocycles. The molecule has 0 fully saturated rings. The highest BCUT2D eigenvalue weighted by Gasteiger charge is 2.02. The third kappa shape index (κ3) is 2.40. The van der Waals surface area contributed by atoms with Crippen LogP contribution in [0, 0.1) is 0 Å². The van der Waals surface area contributed by atoms with Crippen molar-refractivity contribution in [3.63, 3.8) is 0 Å². The van der Waals surface area contributed by atoms with Gasteiger partial charge in [-0.15, -0.1) is 0 Å². The Kier molecular flexibility index (Phi) is 3.08. The van der Waals surface area contributed by atoms with Gasteiger partial charge in [-0.1, -0.05) is 24.3 Å². The number of hydrogen-bond donors (Lipinski definition) is 1. The predicted octanol–water partition coefficient (Wildman–Crippen LogP) is 2.00. The van der Waals surface area contributed by atoms with E-state index in [4.69, 9.17) is 4.55 Å². The quantitative estimate of drug-likeness (QED) is 0.806. The third-order valence-corrected chi connectivity index (χ3v) is 2.82. The van der Waals surface area contributed by atoms with Crippen LogP contribution in [0.1, 0.15) is 5.56 Å². The molecule has 78 valence electrons. The number of fused-ring (bicyclic) bond motifs is 1. The minimum absolute atomic E-state index is 0.260. The van der Waals surface area contributed by atoms with E-state index < -0.39 is 11.1 Å². The lowest BCUT2D eigenvalue weighted by Crippen LogP contribution is -2.00. The van der Waals surface area contributed by atoms with E-state index in [0.717, 1.165) is 16.5 Å². The van der Waals surface area contributed by atoms with E-state index in [1.165, 1.54) is 0 Å². The zero-order chi connectivity index (χ0) is 10.7. The maximum absolute atomic E-state index is 10.6. The van der Waals surface area contributed by atoms with E-state index in [1.807, 2.05) is 30.3 Å². The highest BCUT2D eigenvalue weighted by Crippen LogP contribution is 2.16. The number of nitrogens with zero attached hydrogens (tertiary/aromatic N) is 1. The SMILES string of the molecule is O=S(O)CCc1cccc2cccnc12. The van der Waals surface area contributed by atoms with Gasteiger partial charge in [0.1, 0.15) is 0 Å². The molecular formula is C11H11NO2S. The van der Waals surface area contributed by atoms with Gasteiger partial charge in [-0.05, 0) is 18.1 Å². The van der Waals surface area contributed by atoms with Gasteiger partial charge in [0, 0.05) is 11.6 Å². The Balaban J connectivity index is 2.38. The van der Waals surface area contributed by atoms with Crippen molar-refractivity contribution in [2.45, 2.75) is 6.42 Å². The van der Waals surface area contributed by atoms with Crippen LogP contribution in [-0.2, 0) is 17.5 Å². The summed E-state index contributed by atoms with van der Waals surface area (Å²) in [6.07, 6.45) is 2.32. The molecule has 4 heteroatoms. The van der Waals surface area contributed by atoms with Crippen LogP contribution in [0.4, 0.5) is 0 Å². The molecule has 0 aliphatic rings. The molecule has 0 bridgehead atoms. The molecule has 0 aliphatic carbocycles. The number of aromatic nitrogens is 1. The molecule has 1 N–H and O–H groups in total. The number of aryl methyl sites for hydroxylation is 1. The normalized spacial score (nSPS) is 12.9. The second-order valence-corrected chi connectivity index (χ2v) is 4.32. The molecule has 0 amide bonds. The molecule has 1 atom stereocenters. The van der Waals surface area contributed by atoms with Gasteiger partial charge in [-0.2, -0.15) is 0 Å². The second kappa shape index (κ2) is 4.51. The minimum Gasteiger partial charge on any atom is -0.306 e. The maximum Gasteiger partial charge on any atom is 0.153 e. The summed E-state index contributed by atoms with van der Waals surface area (Å²) in [7, 11) is 0. The summed E-state index contributed by atoms with van der Waals surface area (Å²) in [5.41, 5.74) is 1.95. The third-order valence-electron chi connectivity index (χ3n) is 2.26. The smallest absolute Gasteiger partial charge is 0.153 e. The van der Waals surface area contributed by atoms with Crippen LogP contribution in [0.5, 0.6) is 0 Å². The molecule has 2 rings (SSSR count). The standard InChI is InChI=1S/C11H11NO2S/c13-15(14)8-6-10-4-1-3-9-5-2-7-12-11(9)10/h1-5,7H,6,8H2,(H,13,14). The molecule has 0 saturated heterocycles. The topological polar surface area (TPSA) is 50.2 Å². The van der Waals surface area contributed by atoms with Gasteiger partial charge in [0.05, 0.1) is 11.3 Å². The maximum atomic E-state index is 10.6. The Morgan fingerprint density at radius 3 is 2.87 bits per heavy atom. The van der Waals surface area contributed by atoms with Crippen molar-refractivity contribution in [2.75, 3.05) is 5.75 Å². The lowest BCUT2D eigenvalue weighted by molar-refractivity contribution is 0.563. The van der Waals surface area contributed by atoms with Gasteiger partial charge in [0.25, 0.3) is 0 Å². The Bertz CT molecular complexity index is 493. The van der Waals surface area contributed by atoms with Crippen molar-refractivity contribution >= 4 is 22.0 Å². The van der Waals surface area contributed by atoms with Gasteiger partial charge >= 0.3 is 0 Å². The van der Waals surface area contributed by atoms with Crippen molar-refractivity contribution in [3.05, 3.63) is 42.1 Å². The van der Waals surface area contributed by atoms with E-state index in [0.29, 0.717) is 6.42 Å². The van der Waals surface area contributed by atoms with Crippen LogP contribution in [0.2, 0.25) is 0 Å². The fraction of sp³-hybridized carbons (Fsp3) is 0.182. The molecule has 0 saturated carbocycles. The summed E-state index contributed by atoms with van der Waals surface area (Å²) in [6, 6.07) is 9.75. The van der Waals surface area contributed by atoms with Crippen molar-refractivity contribution in [2.24, 2.45) is 0 Å². The van der Waals surface area contributed by atoms with Gasteiger partial charge in [0.2, 0.25) is 0 Å². The summed E-state index contributed by atoms with van der Waals surface area (Å²) in [5, 5.41) is 1.07. The van der Waals surface area contributed by atoms with Crippen molar-refractivity contribution in [1.82, 2.24) is 4.98 Å². The molecule has 0 aliphatic heterocycles. The summed E-state index contributed by atoms with van der Waals surface area (Å²) in [6.45, 7) is 0. The fourth-order valence-corrected chi connectivity index (χ4v) is 1.96. The number of rotatable bonds is 3. The number of pyridine rings is 1. The summed E-state index contributed by atoms with van der Waals surface area (Å²) >= 11 is -1.74. The van der Waals surface area contributed by atoms with Gasteiger partial charge in [0.15, 0.2) is 11.1 Å². The first kappa shape index (κ1) is 10.3. The number of benzene rings is 1. The Morgan fingerprint density at radius 2 is 2.07 bits per heavy atom. The zero-order valence-corrected chi connectivity index (χ0v) is 8.91. The molecule has 0 radical (unpaired) electrons. The zero-order valence-electron chi connectivity index (χ0n) is 8.09. The van der Waals surface area contributed by atoms with Gasteiger partial charge < -0.3 is 4.55 Å². The molecule has 1 aromatic heterocycles. The average molecular weight is 221 g/mol. The molecular weight excluding hydrogens is 210 g/mol.